The zero-order valence-corrected chi connectivity index (χ0v) is 13.5. The van der Waals surface area contributed by atoms with Crippen molar-refractivity contribution in [1.82, 2.24) is 0 Å². The highest BCUT2D eigenvalue weighted by Gasteiger charge is 2.05. The summed E-state index contributed by atoms with van der Waals surface area (Å²) in [5.41, 5.74) is 0. The molecule has 0 heterocycles. The molecule has 124 valence electrons. The molecule has 0 radical (unpaired) electrons. The molecular weight excluding hydrogens is 284 g/mol. The van der Waals surface area contributed by atoms with Crippen LogP contribution in [0.25, 0.3) is 0 Å². The molecule has 0 spiro atoms. The third kappa shape index (κ3) is 7.20. The van der Waals surface area contributed by atoms with Crippen LogP contribution < -0.4 is 14.2 Å². The number of carboxylic acids is 1. The normalized spacial score (nSPS) is 10.3. The van der Waals surface area contributed by atoms with E-state index in [0.29, 0.717) is 18.1 Å². The topological polar surface area (TPSA) is 65.0 Å². The third-order valence-electron chi connectivity index (χ3n) is 3.41. The number of rotatable bonds is 12. The van der Waals surface area contributed by atoms with Crippen LogP contribution in [-0.4, -0.2) is 31.9 Å². The van der Waals surface area contributed by atoms with E-state index < -0.39 is 5.97 Å². The van der Waals surface area contributed by atoms with Crippen molar-refractivity contribution < 1.29 is 24.1 Å². The Morgan fingerprint density at radius 3 is 2.23 bits per heavy atom. The van der Waals surface area contributed by atoms with Crippen LogP contribution in [0.4, 0.5) is 0 Å². The van der Waals surface area contributed by atoms with Gasteiger partial charge in [-0.15, -0.1) is 0 Å². The largest absolute Gasteiger partial charge is 0.493 e. The summed E-state index contributed by atoms with van der Waals surface area (Å²) in [6, 6.07) is 5.52. The van der Waals surface area contributed by atoms with Crippen molar-refractivity contribution >= 4 is 5.97 Å². The SMILES string of the molecule is COc1ccc(OCCCCCCCCC(=O)O)cc1OC. The van der Waals surface area contributed by atoms with Crippen molar-refractivity contribution in [3.05, 3.63) is 18.2 Å². The van der Waals surface area contributed by atoms with Crippen LogP contribution in [0.3, 0.4) is 0 Å². The number of aliphatic carboxylic acids is 1. The van der Waals surface area contributed by atoms with E-state index in [2.05, 4.69) is 0 Å². The fourth-order valence-electron chi connectivity index (χ4n) is 2.18. The Labute approximate surface area is 132 Å². The van der Waals surface area contributed by atoms with Gasteiger partial charge in [0.15, 0.2) is 11.5 Å². The van der Waals surface area contributed by atoms with Crippen molar-refractivity contribution in [2.45, 2.75) is 44.9 Å². The molecule has 0 aliphatic rings. The van der Waals surface area contributed by atoms with Gasteiger partial charge in [0.05, 0.1) is 20.8 Å². The van der Waals surface area contributed by atoms with E-state index in [1.165, 1.54) is 0 Å². The van der Waals surface area contributed by atoms with Gasteiger partial charge < -0.3 is 19.3 Å². The molecule has 22 heavy (non-hydrogen) atoms. The maximum absolute atomic E-state index is 10.4. The Balaban J connectivity index is 2.11. The van der Waals surface area contributed by atoms with E-state index in [9.17, 15) is 4.79 Å². The predicted octanol–water partition coefficient (Wildman–Crippen LogP) is 3.90. The Hall–Kier alpha value is -1.91. The lowest BCUT2D eigenvalue weighted by Gasteiger charge is -2.10. The molecule has 0 aliphatic carbocycles. The number of benzene rings is 1. The molecule has 0 amide bonds. The van der Waals surface area contributed by atoms with Crippen LogP contribution in [0.2, 0.25) is 0 Å². The quantitative estimate of drug-likeness (QED) is 0.593. The minimum atomic E-state index is -0.705. The van der Waals surface area contributed by atoms with E-state index in [1.807, 2.05) is 18.2 Å². The lowest BCUT2D eigenvalue weighted by molar-refractivity contribution is -0.137. The number of ether oxygens (including phenoxy) is 3. The molecule has 0 aromatic heterocycles. The first-order valence-electron chi connectivity index (χ1n) is 7.74. The van der Waals surface area contributed by atoms with E-state index in [4.69, 9.17) is 19.3 Å². The molecule has 0 bridgehead atoms. The molecular formula is C17H26O5. The van der Waals surface area contributed by atoms with Gasteiger partial charge in [0.2, 0.25) is 0 Å². The van der Waals surface area contributed by atoms with Gasteiger partial charge in [0.1, 0.15) is 5.75 Å². The molecule has 0 saturated carbocycles. The van der Waals surface area contributed by atoms with Crippen LogP contribution in [0.1, 0.15) is 44.9 Å². The molecule has 0 aliphatic heterocycles. The second-order valence-corrected chi connectivity index (χ2v) is 5.13. The smallest absolute Gasteiger partial charge is 0.303 e. The number of hydrogen-bond donors (Lipinski definition) is 1. The van der Waals surface area contributed by atoms with Gasteiger partial charge in [-0.05, 0) is 25.0 Å². The average molecular weight is 310 g/mol. The van der Waals surface area contributed by atoms with Crippen LogP contribution in [-0.2, 0) is 4.79 Å². The van der Waals surface area contributed by atoms with E-state index in [-0.39, 0.29) is 6.42 Å². The molecule has 5 nitrogen and oxygen atoms in total. The number of carboxylic acid groups (broad SMARTS) is 1. The van der Waals surface area contributed by atoms with Crippen molar-refractivity contribution in [3.8, 4) is 17.2 Å². The summed E-state index contributed by atoms with van der Waals surface area (Å²) < 4.78 is 16.1. The molecule has 0 atom stereocenters. The fourth-order valence-corrected chi connectivity index (χ4v) is 2.18. The van der Waals surface area contributed by atoms with Crippen molar-refractivity contribution in [2.24, 2.45) is 0 Å². The Bertz CT molecular complexity index is 445. The van der Waals surface area contributed by atoms with Gasteiger partial charge in [0.25, 0.3) is 0 Å². The van der Waals surface area contributed by atoms with Crippen LogP contribution in [0, 0.1) is 0 Å². The Kier molecular flexibility index (Phi) is 8.88. The van der Waals surface area contributed by atoms with Gasteiger partial charge in [-0.25, -0.2) is 0 Å². The highest BCUT2D eigenvalue weighted by atomic mass is 16.5. The highest BCUT2D eigenvalue weighted by molar-refractivity contribution is 5.66. The number of unbranched alkanes of at least 4 members (excludes halogenated alkanes) is 5. The zero-order valence-electron chi connectivity index (χ0n) is 13.5. The second-order valence-electron chi connectivity index (χ2n) is 5.13. The first kappa shape index (κ1) is 18.1. The Morgan fingerprint density at radius 2 is 1.59 bits per heavy atom. The fraction of sp³-hybridized carbons (Fsp3) is 0.588. The molecule has 1 N–H and O–H groups in total. The van der Waals surface area contributed by atoms with Crippen molar-refractivity contribution in [3.63, 3.8) is 0 Å². The molecule has 0 fully saturated rings. The minimum absolute atomic E-state index is 0.280. The van der Waals surface area contributed by atoms with Crippen LogP contribution in [0.15, 0.2) is 18.2 Å². The van der Waals surface area contributed by atoms with Gasteiger partial charge >= 0.3 is 5.97 Å². The monoisotopic (exact) mass is 310 g/mol. The molecule has 0 saturated heterocycles. The zero-order chi connectivity index (χ0) is 16.2. The standard InChI is InChI=1S/C17H26O5/c1-20-15-11-10-14(13-16(15)21-2)22-12-8-6-4-3-5-7-9-17(18)19/h10-11,13H,3-9,12H2,1-2H3,(H,18,19). The van der Waals surface area contributed by atoms with E-state index in [1.54, 1.807) is 14.2 Å². The third-order valence-corrected chi connectivity index (χ3v) is 3.41. The molecule has 0 unspecified atom stereocenters. The molecule has 1 rings (SSSR count). The van der Waals surface area contributed by atoms with Crippen LogP contribution >= 0.6 is 0 Å². The lowest BCUT2D eigenvalue weighted by atomic mass is 10.1. The summed E-state index contributed by atoms with van der Waals surface area (Å²) >= 11 is 0. The van der Waals surface area contributed by atoms with E-state index >= 15 is 0 Å². The first-order chi connectivity index (χ1) is 10.7. The van der Waals surface area contributed by atoms with Gasteiger partial charge in [0, 0.05) is 12.5 Å². The molecule has 1 aromatic rings. The number of hydrogen-bond acceptors (Lipinski definition) is 4. The number of carbonyl (C=O) groups is 1. The predicted molar refractivity (Wildman–Crippen MR) is 85.0 cm³/mol. The molecule has 5 heteroatoms. The molecule has 1 aromatic carbocycles. The maximum Gasteiger partial charge on any atom is 0.303 e. The van der Waals surface area contributed by atoms with Crippen molar-refractivity contribution in [2.75, 3.05) is 20.8 Å². The van der Waals surface area contributed by atoms with Crippen LogP contribution in [0.5, 0.6) is 17.2 Å². The summed E-state index contributed by atoms with van der Waals surface area (Å²) in [4.78, 5) is 10.4. The second kappa shape index (κ2) is 10.8. The van der Waals surface area contributed by atoms with Gasteiger partial charge in [-0.3, -0.25) is 4.79 Å². The summed E-state index contributed by atoms with van der Waals surface area (Å²) in [6.07, 6.45) is 6.34. The highest BCUT2D eigenvalue weighted by Crippen LogP contribution is 2.30. The van der Waals surface area contributed by atoms with E-state index in [0.717, 1.165) is 44.3 Å². The summed E-state index contributed by atoms with van der Waals surface area (Å²) in [5, 5.41) is 8.53. The maximum atomic E-state index is 10.4. The van der Waals surface area contributed by atoms with Gasteiger partial charge in [-0.1, -0.05) is 25.7 Å². The first-order valence-corrected chi connectivity index (χ1v) is 7.74. The minimum Gasteiger partial charge on any atom is -0.493 e. The lowest BCUT2D eigenvalue weighted by Crippen LogP contribution is -1.98. The Morgan fingerprint density at radius 1 is 0.955 bits per heavy atom. The van der Waals surface area contributed by atoms with Gasteiger partial charge in [-0.2, -0.15) is 0 Å². The summed E-state index contributed by atoms with van der Waals surface area (Å²) in [5.74, 6) is 1.43. The summed E-state index contributed by atoms with van der Waals surface area (Å²) in [6.45, 7) is 0.671. The summed E-state index contributed by atoms with van der Waals surface area (Å²) in [7, 11) is 3.21. The van der Waals surface area contributed by atoms with Crippen molar-refractivity contribution in [1.29, 1.82) is 0 Å². The average Bonchev–Trinajstić information content (AvgIpc) is 2.52. The number of methoxy groups -OCH3 is 2.